The quantitative estimate of drug-likeness (QED) is 0.620. The molecular formula is C12H19N3O4. The van der Waals surface area contributed by atoms with Gasteiger partial charge >= 0.3 is 0 Å². The van der Waals surface area contributed by atoms with Gasteiger partial charge in [-0.3, -0.25) is 14.9 Å². The average molecular weight is 269 g/mol. The standard InChI is InChI=1S/C12H19N3O4/c1-9(2)14(5-4-6-16)12(17)11-7-10(15(18)19)8-13(11)3/h7-9,16H,4-6H2,1-3H3. The molecule has 1 heterocycles. The van der Waals surface area contributed by atoms with Gasteiger partial charge in [-0.1, -0.05) is 0 Å². The third kappa shape index (κ3) is 3.54. The van der Waals surface area contributed by atoms with Crippen molar-refractivity contribution >= 4 is 11.6 Å². The molecule has 0 aliphatic rings. The van der Waals surface area contributed by atoms with Crippen LogP contribution in [0.25, 0.3) is 0 Å². The molecule has 0 spiro atoms. The van der Waals surface area contributed by atoms with Gasteiger partial charge in [0.05, 0.1) is 11.1 Å². The van der Waals surface area contributed by atoms with Crippen molar-refractivity contribution in [2.45, 2.75) is 26.3 Å². The molecule has 1 amide bonds. The van der Waals surface area contributed by atoms with Gasteiger partial charge in [-0.15, -0.1) is 0 Å². The lowest BCUT2D eigenvalue weighted by Gasteiger charge is -2.26. The van der Waals surface area contributed by atoms with Gasteiger partial charge in [0.1, 0.15) is 5.69 Å². The second-order valence-corrected chi connectivity index (χ2v) is 4.62. The summed E-state index contributed by atoms with van der Waals surface area (Å²) < 4.78 is 1.45. The van der Waals surface area contributed by atoms with E-state index in [1.54, 1.807) is 11.9 Å². The number of aromatic nitrogens is 1. The number of aliphatic hydroxyl groups is 1. The number of aryl methyl sites for hydroxylation is 1. The number of carbonyl (C=O) groups excluding carboxylic acids is 1. The second-order valence-electron chi connectivity index (χ2n) is 4.62. The highest BCUT2D eigenvalue weighted by molar-refractivity contribution is 5.93. The Morgan fingerprint density at radius 2 is 2.21 bits per heavy atom. The summed E-state index contributed by atoms with van der Waals surface area (Å²) in [6.07, 6.45) is 1.80. The topological polar surface area (TPSA) is 88.6 Å². The molecule has 0 aliphatic heterocycles. The molecule has 7 nitrogen and oxygen atoms in total. The summed E-state index contributed by atoms with van der Waals surface area (Å²) in [5, 5.41) is 19.5. The van der Waals surface area contributed by atoms with Crippen molar-refractivity contribution < 1.29 is 14.8 Å². The van der Waals surface area contributed by atoms with Crippen molar-refractivity contribution in [1.29, 1.82) is 0 Å². The van der Waals surface area contributed by atoms with Crippen molar-refractivity contribution in [3.05, 3.63) is 28.1 Å². The van der Waals surface area contributed by atoms with E-state index >= 15 is 0 Å². The normalized spacial score (nSPS) is 10.8. The first-order chi connectivity index (χ1) is 8.88. The van der Waals surface area contributed by atoms with Gasteiger partial charge < -0.3 is 14.6 Å². The van der Waals surface area contributed by atoms with Gasteiger partial charge in [-0.05, 0) is 20.3 Å². The van der Waals surface area contributed by atoms with E-state index in [4.69, 9.17) is 5.11 Å². The van der Waals surface area contributed by atoms with Gasteiger partial charge in [0.25, 0.3) is 11.6 Å². The first-order valence-corrected chi connectivity index (χ1v) is 6.11. The molecule has 0 saturated heterocycles. The Balaban J connectivity index is 2.99. The molecule has 0 fully saturated rings. The molecule has 106 valence electrons. The fraction of sp³-hybridized carbons (Fsp3) is 0.583. The number of hydrogen-bond donors (Lipinski definition) is 1. The zero-order valence-corrected chi connectivity index (χ0v) is 11.4. The van der Waals surface area contributed by atoms with Gasteiger partial charge in [0.15, 0.2) is 0 Å². The van der Waals surface area contributed by atoms with E-state index in [1.165, 1.54) is 16.8 Å². The van der Waals surface area contributed by atoms with E-state index in [2.05, 4.69) is 0 Å². The lowest BCUT2D eigenvalue weighted by atomic mass is 10.2. The third-order valence-corrected chi connectivity index (χ3v) is 2.86. The highest BCUT2D eigenvalue weighted by Gasteiger charge is 2.23. The van der Waals surface area contributed by atoms with Crippen LogP contribution in [0.3, 0.4) is 0 Å². The number of rotatable bonds is 6. The predicted molar refractivity (Wildman–Crippen MR) is 69.9 cm³/mol. The summed E-state index contributed by atoms with van der Waals surface area (Å²) in [4.78, 5) is 24.1. The highest BCUT2D eigenvalue weighted by Crippen LogP contribution is 2.18. The highest BCUT2D eigenvalue weighted by atomic mass is 16.6. The van der Waals surface area contributed by atoms with Crippen molar-refractivity contribution in [2.24, 2.45) is 7.05 Å². The molecular weight excluding hydrogens is 250 g/mol. The van der Waals surface area contributed by atoms with Crippen LogP contribution in [0.5, 0.6) is 0 Å². The molecule has 0 atom stereocenters. The fourth-order valence-electron chi connectivity index (χ4n) is 1.84. The Morgan fingerprint density at radius 3 is 2.63 bits per heavy atom. The monoisotopic (exact) mass is 269 g/mol. The molecule has 19 heavy (non-hydrogen) atoms. The van der Waals surface area contributed by atoms with Crippen LogP contribution >= 0.6 is 0 Å². The fourth-order valence-corrected chi connectivity index (χ4v) is 1.84. The molecule has 1 rings (SSSR count). The van der Waals surface area contributed by atoms with Gasteiger partial charge in [-0.2, -0.15) is 0 Å². The second kappa shape index (κ2) is 6.33. The lowest BCUT2D eigenvalue weighted by molar-refractivity contribution is -0.384. The molecule has 0 bridgehead atoms. The first-order valence-electron chi connectivity index (χ1n) is 6.11. The summed E-state index contributed by atoms with van der Waals surface area (Å²) >= 11 is 0. The maximum absolute atomic E-state index is 12.3. The van der Waals surface area contributed by atoms with Crippen molar-refractivity contribution in [3.8, 4) is 0 Å². The summed E-state index contributed by atoms with van der Waals surface area (Å²) in [5.74, 6) is -0.265. The molecule has 0 saturated carbocycles. The van der Waals surface area contributed by atoms with E-state index in [0.29, 0.717) is 13.0 Å². The molecule has 0 aromatic carbocycles. The predicted octanol–water partition coefficient (Wildman–Crippen LogP) is 1.17. The number of aliphatic hydroxyl groups excluding tert-OH is 1. The van der Waals surface area contributed by atoms with Crippen LogP contribution in [0.1, 0.15) is 30.8 Å². The SMILES string of the molecule is CC(C)N(CCCO)C(=O)c1cc([N+](=O)[O-])cn1C. The largest absolute Gasteiger partial charge is 0.396 e. The minimum absolute atomic E-state index is 0.00375. The Bertz CT molecular complexity index is 468. The van der Waals surface area contributed by atoms with Crippen LogP contribution in [0.2, 0.25) is 0 Å². The van der Waals surface area contributed by atoms with Gasteiger partial charge in [0, 0.05) is 32.3 Å². The van der Waals surface area contributed by atoms with E-state index in [0.717, 1.165) is 0 Å². The third-order valence-electron chi connectivity index (χ3n) is 2.86. The minimum atomic E-state index is -0.524. The van der Waals surface area contributed by atoms with E-state index in [-0.39, 0.29) is 29.9 Å². The Hall–Kier alpha value is -1.89. The Kier molecular flexibility index (Phi) is 5.05. The van der Waals surface area contributed by atoms with Crippen LogP contribution in [0, 0.1) is 10.1 Å². The smallest absolute Gasteiger partial charge is 0.287 e. The molecule has 1 aromatic rings. The number of nitro groups is 1. The zero-order chi connectivity index (χ0) is 14.6. The maximum atomic E-state index is 12.3. The van der Waals surface area contributed by atoms with Gasteiger partial charge in [-0.25, -0.2) is 0 Å². The van der Waals surface area contributed by atoms with Crippen LogP contribution in [-0.4, -0.2) is 44.6 Å². The number of carbonyl (C=O) groups is 1. The molecule has 1 aromatic heterocycles. The van der Waals surface area contributed by atoms with Crippen molar-refractivity contribution in [2.75, 3.05) is 13.2 Å². The average Bonchev–Trinajstić information content (AvgIpc) is 2.71. The summed E-state index contributed by atoms with van der Waals surface area (Å²) in [5.41, 5.74) is 0.176. The van der Waals surface area contributed by atoms with E-state index in [9.17, 15) is 14.9 Å². The maximum Gasteiger partial charge on any atom is 0.287 e. The van der Waals surface area contributed by atoms with E-state index in [1.807, 2.05) is 13.8 Å². The Morgan fingerprint density at radius 1 is 1.58 bits per heavy atom. The van der Waals surface area contributed by atoms with Crippen LogP contribution in [0.4, 0.5) is 5.69 Å². The first kappa shape index (κ1) is 15.2. The van der Waals surface area contributed by atoms with Crippen LogP contribution in [0.15, 0.2) is 12.3 Å². The van der Waals surface area contributed by atoms with Crippen LogP contribution in [-0.2, 0) is 7.05 Å². The molecule has 7 heteroatoms. The van der Waals surface area contributed by atoms with Gasteiger partial charge in [0.2, 0.25) is 0 Å². The summed E-state index contributed by atoms with van der Waals surface area (Å²) in [6.45, 7) is 4.16. The molecule has 1 N–H and O–H groups in total. The summed E-state index contributed by atoms with van der Waals surface area (Å²) in [6, 6.07) is 1.24. The molecule has 0 unspecified atom stereocenters. The zero-order valence-electron chi connectivity index (χ0n) is 11.4. The van der Waals surface area contributed by atoms with Crippen molar-refractivity contribution in [1.82, 2.24) is 9.47 Å². The lowest BCUT2D eigenvalue weighted by Crippen LogP contribution is -2.38. The molecule has 0 aliphatic carbocycles. The Labute approximate surface area is 111 Å². The van der Waals surface area contributed by atoms with E-state index < -0.39 is 4.92 Å². The number of nitrogens with zero attached hydrogens (tertiary/aromatic N) is 3. The summed E-state index contributed by atoms with van der Waals surface area (Å²) in [7, 11) is 1.60. The minimum Gasteiger partial charge on any atom is -0.396 e. The number of hydrogen-bond acceptors (Lipinski definition) is 4. The van der Waals surface area contributed by atoms with Crippen LogP contribution < -0.4 is 0 Å². The van der Waals surface area contributed by atoms with Crippen molar-refractivity contribution in [3.63, 3.8) is 0 Å². The molecule has 0 radical (unpaired) electrons. The number of amides is 1.